The molecular formula is C17H28N4S. The Balaban J connectivity index is 1.51. The average molecular weight is 321 g/mol. The zero-order chi connectivity index (χ0) is 15.6. The van der Waals surface area contributed by atoms with Crippen LogP contribution in [0.15, 0.2) is 4.99 Å². The summed E-state index contributed by atoms with van der Waals surface area (Å²) < 4.78 is 0. The molecular weight excluding hydrogens is 292 g/mol. The second-order valence-electron chi connectivity index (χ2n) is 6.84. The van der Waals surface area contributed by atoms with E-state index in [1.54, 1.807) is 0 Å². The van der Waals surface area contributed by atoms with Crippen LogP contribution in [0.5, 0.6) is 0 Å². The highest BCUT2D eigenvalue weighted by atomic mass is 32.1. The topological polar surface area (TPSA) is 40.5 Å². The Hall–Kier alpha value is -1.10. The molecule has 0 aromatic carbocycles. The zero-order valence-electron chi connectivity index (χ0n) is 14.1. The number of nitrogens with zero attached hydrogens (tertiary/aromatic N) is 3. The van der Waals surface area contributed by atoms with Crippen LogP contribution in [0.3, 0.4) is 0 Å². The van der Waals surface area contributed by atoms with Crippen LogP contribution >= 0.6 is 11.3 Å². The van der Waals surface area contributed by atoms with Gasteiger partial charge >= 0.3 is 0 Å². The Morgan fingerprint density at radius 3 is 2.73 bits per heavy atom. The molecule has 1 N–H and O–H groups in total. The fourth-order valence-electron chi connectivity index (χ4n) is 4.07. The molecule has 3 rings (SSSR count). The first-order valence-corrected chi connectivity index (χ1v) is 9.32. The lowest BCUT2D eigenvalue weighted by Gasteiger charge is -2.25. The Kier molecular flexibility index (Phi) is 4.71. The SMILES string of the molecule is CN=C(NCCc1sc(C)nc1C)N1CCC2(CCCC2)C1. The number of nitrogens with one attached hydrogen (secondary N) is 1. The molecule has 2 heterocycles. The highest BCUT2D eigenvalue weighted by Crippen LogP contribution is 2.45. The van der Waals surface area contributed by atoms with Crippen molar-refractivity contribution in [3.8, 4) is 0 Å². The number of thiazole rings is 1. The first-order chi connectivity index (χ1) is 10.6. The second kappa shape index (κ2) is 6.57. The molecule has 2 fully saturated rings. The number of guanidine groups is 1. The lowest BCUT2D eigenvalue weighted by atomic mass is 9.86. The highest BCUT2D eigenvalue weighted by Gasteiger charge is 2.40. The monoisotopic (exact) mass is 320 g/mol. The molecule has 2 aliphatic rings. The van der Waals surface area contributed by atoms with Gasteiger partial charge in [-0.1, -0.05) is 12.8 Å². The van der Waals surface area contributed by atoms with Crippen molar-refractivity contribution in [2.45, 2.75) is 52.4 Å². The maximum Gasteiger partial charge on any atom is 0.193 e. The van der Waals surface area contributed by atoms with E-state index >= 15 is 0 Å². The van der Waals surface area contributed by atoms with Gasteiger partial charge in [0.05, 0.1) is 10.7 Å². The van der Waals surface area contributed by atoms with Crippen LogP contribution in [0.1, 0.15) is 47.7 Å². The number of aryl methyl sites for hydroxylation is 2. The quantitative estimate of drug-likeness (QED) is 0.687. The third kappa shape index (κ3) is 3.29. The van der Waals surface area contributed by atoms with E-state index in [9.17, 15) is 0 Å². The standard InChI is InChI=1S/C17H28N4S/c1-13-15(22-14(2)20-13)6-10-19-16(18-3)21-11-9-17(12-21)7-4-5-8-17/h4-12H2,1-3H3,(H,18,19). The summed E-state index contributed by atoms with van der Waals surface area (Å²) in [7, 11) is 1.91. The van der Waals surface area contributed by atoms with E-state index in [4.69, 9.17) is 0 Å². The van der Waals surface area contributed by atoms with Crippen molar-refractivity contribution in [1.29, 1.82) is 0 Å². The largest absolute Gasteiger partial charge is 0.356 e. The lowest BCUT2D eigenvalue weighted by molar-refractivity contribution is 0.309. The number of hydrogen-bond donors (Lipinski definition) is 1. The highest BCUT2D eigenvalue weighted by molar-refractivity contribution is 7.11. The lowest BCUT2D eigenvalue weighted by Crippen LogP contribution is -2.41. The first-order valence-electron chi connectivity index (χ1n) is 8.50. The molecule has 1 aromatic heterocycles. The van der Waals surface area contributed by atoms with E-state index < -0.39 is 0 Å². The Bertz CT molecular complexity index is 543. The Morgan fingerprint density at radius 2 is 2.09 bits per heavy atom. The molecule has 22 heavy (non-hydrogen) atoms. The fourth-order valence-corrected chi connectivity index (χ4v) is 5.01. The summed E-state index contributed by atoms with van der Waals surface area (Å²) in [6.45, 7) is 7.50. The summed E-state index contributed by atoms with van der Waals surface area (Å²) in [6, 6.07) is 0. The number of rotatable bonds is 3. The molecule has 1 aliphatic carbocycles. The van der Waals surface area contributed by atoms with Gasteiger partial charge in [-0.3, -0.25) is 4.99 Å². The van der Waals surface area contributed by atoms with Crippen molar-refractivity contribution in [3.05, 3.63) is 15.6 Å². The summed E-state index contributed by atoms with van der Waals surface area (Å²) in [5, 5.41) is 4.72. The third-order valence-electron chi connectivity index (χ3n) is 5.25. The van der Waals surface area contributed by atoms with E-state index in [1.165, 1.54) is 60.8 Å². The summed E-state index contributed by atoms with van der Waals surface area (Å²) in [5.74, 6) is 1.09. The molecule has 5 heteroatoms. The molecule has 122 valence electrons. The van der Waals surface area contributed by atoms with Crippen LogP contribution in [0.4, 0.5) is 0 Å². The minimum absolute atomic E-state index is 0.600. The molecule has 0 bridgehead atoms. The molecule has 0 atom stereocenters. The van der Waals surface area contributed by atoms with Crippen molar-refractivity contribution in [3.63, 3.8) is 0 Å². The molecule has 1 saturated heterocycles. The van der Waals surface area contributed by atoms with Crippen LogP contribution in [0.2, 0.25) is 0 Å². The van der Waals surface area contributed by atoms with Gasteiger partial charge in [0.1, 0.15) is 0 Å². The predicted octanol–water partition coefficient (Wildman–Crippen LogP) is 3.14. The second-order valence-corrected chi connectivity index (χ2v) is 8.13. The molecule has 1 aliphatic heterocycles. The molecule has 1 saturated carbocycles. The fraction of sp³-hybridized carbons (Fsp3) is 0.765. The molecule has 0 amide bonds. The third-order valence-corrected chi connectivity index (χ3v) is 6.38. The smallest absolute Gasteiger partial charge is 0.193 e. The van der Waals surface area contributed by atoms with E-state index in [1.807, 2.05) is 18.4 Å². The normalized spacial score (nSPS) is 21.0. The number of aromatic nitrogens is 1. The Morgan fingerprint density at radius 1 is 1.32 bits per heavy atom. The van der Waals surface area contributed by atoms with E-state index in [-0.39, 0.29) is 0 Å². The van der Waals surface area contributed by atoms with E-state index in [0.29, 0.717) is 5.41 Å². The van der Waals surface area contributed by atoms with Gasteiger partial charge in [-0.05, 0) is 38.5 Å². The van der Waals surface area contributed by atoms with Gasteiger partial charge in [-0.25, -0.2) is 4.98 Å². The van der Waals surface area contributed by atoms with Crippen molar-refractivity contribution in [2.24, 2.45) is 10.4 Å². The molecule has 0 radical (unpaired) electrons. The summed E-state index contributed by atoms with van der Waals surface area (Å²) >= 11 is 1.82. The minimum atomic E-state index is 0.600. The van der Waals surface area contributed by atoms with Crippen LogP contribution in [0.25, 0.3) is 0 Å². The van der Waals surface area contributed by atoms with Crippen molar-refractivity contribution < 1.29 is 0 Å². The van der Waals surface area contributed by atoms with Crippen LogP contribution in [-0.4, -0.2) is 42.5 Å². The van der Waals surface area contributed by atoms with E-state index in [0.717, 1.165) is 18.9 Å². The van der Waals surface area contributed by atoms with Crippen LogP contribution in [0, 0.1) is 19.3 Å². The average Bonchev–Trinajstić information content (AvgIpc) is 3.19. The number of likely N-dealkylation sites (tertiary alicyclic amines) is 1. The first kappa shape index (κ1) is 15.8. The molecule has 1 spiro atoms. The van der Waals surface area contributed by atoms with Gasteiger partial charge in [0.2, 0.25) is 0 Å². The number of aliphatic imine (C=N–C) groups is 1. The van der Waals surface area contributed by atoms with Crippen molar-refractivity contribution in [1.82, 2.24) is 15.2 Å². The Labute approximate surface area is 138 Å². The van der Waals surface area contributed by atoms with Gasteiger partial charge in [0.25, 0.3) is 0 Å². The summed E-state index contributed by atoms with van der Waals surface area (Å²) in [6.07, 6.45) is 8.06. The number of hydrogen-bond acceptors (Lipinski definition) is 3. The maximum absolute atomic E-state index is 4.50. The molecule has 0 unspecified atom stereocenters. The molecule has 1 aromatic rings. The predicted molar refractivity (Wildman–Crippen MR) is 93.7 cm³/mol. The van der Waals surface area contributed by atoms with Crippen LogP contribution < -0.4 is 5.32 Å². The van der Waals surface area contributed by atoms with E-state index in [2.05, 4.69) is 34.0 Å². The zero-order valence-corrected chi connectivity index (χ0v) is 14.9. The van der Waals surface area contributed by atoms with Gasteiger partial charge in [-0.2, -0.15) is 0 Å². The van der Waals surface area contributed by atoms with Crippen molar-refractivity contribution >= 4 is 17.3 Å². The van der Waals surface area contributed by atoms with Gasteiger partial charge in [0.15, 0.2) is 5.96 Å². The van der Waals surface area contributed by atoms with Crippen molar-refractivity contribution in [2.75, 3.05) is 26.7 Å². The van der Waals surface area contributed by atoms with Gasteiger partial charge in [0, 0.05) is 38.0 Å². The van der Waals surface area contributed by atoms with Gasteiger partial charge in [-0.15, -0.1) is 11.3 Å². The summed E-state index contributed by atoms with van der Waals surface area (Å²) in [4.78, 5) is 12.9. The maximum atomic E-state index is 4.50. The minimum Gasteiger partial charge on any atom is -0.356 e. The molecule has 4 nitrogen and oxygen atoms in total. The van der Waals surface area contributed by atoms with Gasteiger partial charge < -0.3 is 10.2 Å². The summed E-state index contributed by atoms with van der Waals surface area (Å²) in [5.41, 5.74) is 1.79. The van der Waals surface area contributed by atoms with Crippen LogP contribution in [-0.2, 0) is 6.42 Å².